The van der Waals surface area contributed by atoms with Gasteiger partial charge in [0.25, 0.3) is 0 Å². The predicted molar refractivity (Wildman–Crippen MR) is 172 cm³/mol. The third-order valence-electron chi connectivity index (χ3n) is 10.2. The molecule has 0 aliphatic carbocycles. The molecule has 3 N–H and O–H groups in total. The number of ether oxygens (including phenoxy) is 2. The lowest BCUT2D eigenvalue weighted by molar-refractivity contribution is -0.150. The molecule has 12 heteroatoms. The Hall–Kier alpha value is -4.81. The molecule has 47 heavy (non-hydrogen) atoms. The molecule has 1 aromatic heterocycles. The Labute approximate surface area is 272 Å². The normalized spacial score (nSPS) is 28.3. The minimum Gasteiger partial charge on any atom is -0.494 e. The van der Waals surface area contributed by atoms with Crippen LogP contribution in [0, 0.1) is 17.8 Å². The molecule has 3 amide bonds. The van der Waals surface area contributed by atoms with Crippen molar-refractivity contribution in [1.29, 1.82) is 0 Å². The van der Waals surface area contributed by atoms with Gasteiger partial charge >= 0.3 is 0 Å². The predicted octanol–water partition coefficient (Wildman–Crippen LogP) is 3.29. The number of rotatable bonds is 10. The summed E-state index contributed by atoms with van der Waals surface area (Å²) in [5.74, 6) is -2.54. The molecule has 4 heterocycles. The molecule has 3 saturated heterocycles. The molecule has 7 rings (SSSR count). The summed E-state index contributed by atoms with van der Waals surface area (Å²) in [4.78, 5) is 44.8. The first-order valence-electron chi connectivity index (χ1n) is 16.0. The number of benzene rings is 3. The number of hydrogen-bond donors (Lipinski definition) is 3. The van der Waals surface area contributed by atoms with Crippen molar-refractivity contribution >= 4 is 34.4 Å². The fourth-order valence-electron chi connectivity index (χ4n) is 8.05. The molecule has 3 aromatic carbocycles. The van der Waals surface area contributed by atoms with Crippen molar-refractivity contribution in [2.45, 2.75) is 57.1 Å². The van der Waals surface area contributed by atoms with Gasteiger partial charge in [-0.2, -0.15) is 0 Å². The van der Waals surface area contributed by atoms with E-state index in [-0.39, 0.29) is 18.5 Å². The highest BCUT2D eigenvalue weighted by Gasteiger charge is 2.80. The summed E-state index contributed by atoms with van der Waals surface area (Å²) in [5, 5.41) is 25.1. The summed E-state index contributed by atoms with van der Waals surface area (Å²) in [6.45, 7) is 5.85. The second kappa shape index (κ2) is 11.8. The lowest BCUT2D eigenvalue weighted by atomic mass is 9.62. The number of amides is 3. The van der Waals surface area contributed by atoms with Crippen molar-refractivity contribution in [3.8, 4) is 5.75 Å². The van der Waals surface area contributed by atoms with E-state index in [2.05, 4.69) is 20.9 Å². The van der Waals surface area contributed by atoms with Gasteiger partial charge in [-0.3, -0.25) is 14.4 Å². The van der Waals surface area contributed by atoms with E-state index in [9.17, 15) is 19.5 Å². The van der Waals surface area contributed by atoms with Gasteiger partial charge in [-0.15, -0.1) is 5.10 Å². The number of hydrogen-bond acceptors (Lipinski definition) is 8. The first-order chi connectivity index (χ1) is 22.7. The van der Waals surface area contributed by atoms with E-state index < -0.39 is 53.5 Å². The number of nitrogens with one attached hydrogen (secondary N) is 2. The zero-order valence-electron chi connectivity index (χ0n) is 26.5. The summed E-state index contributed by atoms with van der Waals surface area (Å²) in [6, 6.07) is 21.6. The number of aromatic nitrogens is 3. The number of para-hydroxylation sites is 1. The largest absolute Gasteiger partial charge is 0.494 e. The maximum atomic E-state index is 14.7. The van der Waals surface area contributed by atoms with Gasteiger partial charge in [-0.05, 0) is 68.1 Å². The quantitative estimate of drug-likeness (QED) is 0.240. The first-order valence-corrected chi connectivity index (χ1v) is 16.0. The Morgan fingerprint density at radius 3 is 2.51 bits per heavy atom. The SMILES string of the molecule is CCOc1ccc(NC(=O)[C@H]2[C@H]3C(=O)N([C@H](CO)c4ccccc4)C(C(=O)NCn4nnc5ccccc54)C34CC(C)[C@]2(C)O4)cc1. The molecule has 2 bridgehead atoms. The van der Waals surface area contributed by atoms with Gasteiger partial charge in [0.15, 0.2) is 0 Å². The smallest absolute Gasteiger partial charge is 0.247 e. The van der Waals surface area contributed by atoms with Crippen LogP contribution in [0.1, 0.15) is 38.8 Å². The minimum atomic E-state index is -1.30. The lowest BCUT2D eigenvalue weighted by Gasteiger charge is -2.37. The van der Waals surface area contributed by atoms with E-state index in [0.29, 0.717) is 35.5 Å². The average Bonchev–Trinajstić information content (AvgIpc) is 3.75. The highest BCUT2D eigenvalue weighted by atomic mass is 16.5. The Balaban J connectivity index is 1.25. The van der Waals surface area contributed by atoms with E-state index in [0.717, 1.165) is 5.52 Å². The monoisotopic (exact) mass is 638 g/mol. The number of aliphatic hydroxyl groups excluding tert-OH is 1. The number of likely N-dealkylation sites (tertiary alicyclic amines) is 1. The third-order valence-corrected chi connectivity index (χ3v) is 10.2. The molecular formula is C35H38N6O6. The van der Waals surface area contributed by atoms with Crippen LogP contribution in [0.4, 0.5) is 5.69 Å². The van der Waals surface area contributed by atoms with Gasteiger partial charge in [0.1, 0.15) is 29.6 Å². The first kappa shape index (κ1) is 30.8. The molecule has 12 nitrogen and oxygen atoms in total. The van der Waals surface area contributed by atoms with Crippen molar-refractivity contribution < 1.29 is 29.0 Å². The van der Waals surface area contributed by atoms with Gasteiger partial charge in [0, 0.05) is 5.69 Å². The topological polar surface area (TPSA) is 148 Å². The summed E-state index contributed by atoms with van der Waals surface area (Å²) in [6.07, 6.45) is 0.389. The van der Waals surface area contributed by atoms with Crippen LogP contribution in [0.2, 0.25) is 0 Å². The lowest BCUT2D eigenvalue weighted by Crippen LogP contribution is -2.56. The standard InChI is InChI=1S/C35H38N6O6/c1-4-46-24-16-14-23(15-17-24)37-31(43)28-29-33(45)41(27(19-42)22-10-6-5-7-11-22)30(35(29)18-21(2)34(28,3)47-35)32(44)36-20-40-26-13-9-8-12-25(26)38-39-40/h5-17,21,27-30,42H,4,18-20H2,1-3H3,(H,36,44)(H,37,43)/t21?,27-,28-,29+,30?,34+,35?/m1/s1. The summed E-state index contributed by atoms with van der Waals surface area (Å²) >= 11 is 0. The number of carbonyl (C=O) groups is 3. The van der Waals surface area contributed by atoms with Crippen LogP contribution in [0.15, 0.2) is 78.9 Å². The molecule has 244 valence electrons. The molecule has 0 radical (unpaired) electrons. The van der Waals surface area contributed by atoms with Crippen LogP contribution in [-0.2, 0) is 25.8 Å². The van der Waals surface area contributed by atoms with Crippen LogP contribution in [0.3, 0.4) is 0 Å². The van der Waals surface area contributed by atoms with Crippen LogP contribution < -0.4 is 15.4 Å². The molecule has 4 aromatic rings. The van der Waals surface area contributed by atoms with E-state index in [1.807, 2.05) is 75.4 Å². The highest BCUT2D eigenvalue weighted by molar-refractivity contribution is 6.02. The van der Waals surface area contributed by atoms with Crippen molar-refractivity contribution in [3.05, 3.63) is 84.4 Å². The van der Waals surface area contributed by atoms with Crippen molar-refractivity contribution in [2.24, 2.45) is 17.8 Å². The molecule has 7 atom stereocenters. The van der Waals surface area contributed by atoms with Crippen LogP contribution in [0.25, 0.3) is 11.0 Å². The van der Waals surface area contributed by atoms with E-state index in [4.69, 9.17) is 9.47 Å². The summed E-state index contributed by atoms with van der Waals surface area (Å²) in [7, 11) is 0. The maximum absolute atomic E-state index is 14.7. The number of nitrogens with zero attached hydrogens (tertiary/aromatic N) is 4. The van der Waals surface area contributed by atoms with Gasteiger partial charge in [0.2, 0.25) is 17.7 Å². The Morgan fingerprint density at radius 1 is 1.06 bits per heavy atom. The van der Waals surface area contributed by atoms with E-state index >= 15 is 0 Å². The van der Waals surface area contributed by atoms with Crippen LogP contribution in [0.5, 0.6) is 5.75 Å². The van der Waals surface area contributed by atoms with Gasteiger partial charge in [0.05, 0.1) is 42.2 Å². The van der Waals surface area contributed by atoms with Crippen molar-refractivity contribution in [3.63, 3.8) is 0 Å². The third kappa shape index (κ3) is 4.85. The molecule has 0 saturated carbocycles. The zero-order valence-corrected chi connectivity index (χ0v) is 26.5. The summed E-state index contributed by atoms with van der Waals surface area (Å²) in [5.41, 5.74) is 0.339. The van der Waals surface area contributed by atoms with E-state index in [1.165, 1.54) is 4.90 Å². The Morgan fingerprint density at radius 2 is 1.79 bits per heavy atom. The molecule has 3 fully saturated rings. The van der Waals surface area contributed by atoms with Crippen molar-refractivity contribution in [2.75, 3.05) is 18.5 Å². The number of fused-ring (bicyclic) bond motifs is 2. The van der Waals surface area contributed by atoms with Crippen LogP contribution >= 0.6 is 0 Å². The van der Waals surface area contributed by atoms with E-state index in [1.54, 1.807) is 28.9 Å². The number of carbonyl (C=O) groups excluding carboxylic acids is 3. The molecule has 1 spiro atoms. The van der Waals surface area contributed by atoms with Gasteiger partial charge in [-0.25, -0.2) is 4.68 Å². The second-order valence-electron chi connectivity index (χ2n) is 12.8. The van der Waals surface area contributed by atoms with Crippen molar-refractivity contribution in [1.82, 2.24) is 25.2 Å². The molecule has 3 aliphatic rings. The molecule has 3 unspecified atom stereocenters. The highest BCUT2D eigenvalue weighted by Crippen LogP contribution is 2.66. The number of aliphatic hydroxyl groups is 1. The Kier molecular flexibility index (Phi) is 7.72. The van der Waals surface area contributed by atoms with Crippen LogP contribution in [-0.4, -0.2) is 73.2 Å². The van der Waals surface area contributed by atoms with Gasteiger partial charge in [-0.1, -0.05) is 54.6 Å². The average molecular weight is 639 g/mol. The summed E-state index contributed by atoms with van der Waals surface area (Å²) < 4.78 is 14.0. The second-order valence-corrected chi connectivity index (χ2v) is 12.8. The fourth-order valence-corrected chi connectivity index (χ4v) is 8.05. The number of anilines is 1. The Bertz CT molecular complexity index is 1810. The minimum absolute atomic E-state index is 0.00221. The van der Waals surface area contributed by atoms with Gasteiger partial charge < -0.3 is 30.1 Å². The fraction of sp³-hybridized carbons (Fsp3) is 0.400. The maximum Gasteiger partial charge on any atom is 0.247 e. The zero-order chi connectivity index (χ0) is 32.9. The molecular weight excluding hydrogens is 600 g/mol. The molecule has 3 aliphatic heterocycles.